The van der Waals surface area contributed by atoms with E-state index in [0.29, 0.717) is 25.1 Å². The summed E-state index contributed by atoms with van der Waals surface area (Å²) in [5.74, 6) is -0.464. The van der Waals surface area contributed by atoms with Crippen LogP contribution in [0.1, 0.15) is 33.1 Å². The van der Waals surface area contributed by atoms with Crippen LogP contribution in [-0.2, 0) is 14.3 Å². The van der Waals surface area contributed by atoms with Gasteiger partial charge in [0.2, 0.25) is 0 Å². The van der Waals surface area contributed by atoms with E-state index in [9.17, 15) is 9.59 Å². The predicted octanol–water partition coefficient (Wildman–Crippen LogP) is 1.73. The molecule has 6 heteroatoms. The van der Waals surface area contributed by atoms with Crippen molar-refractivity contribution in [3.05, 3.63) is 12.2 Å². The molecule has 1 amide bonds. The van der Waals surface area contributed by atoms with Crippen molar-refractivity contribution in [2.24, 2.45) is 0 Å². The minimum Gasteiger partial charge on any atom is -0.460 e. The van der Waals surface area contributed by atoms with Crippen LogP contribution in [0.25, 0.3) is 0 Å². The van der Waals surface area contributed by atoms with Crippen molar-refractivity contribution in [3.8, 4) is 0 Å². The van der Waals surface area contributed by atoms with Crippen LogP contribution in [0.5, 0.6) is 0 Å². The second kappa shape index (κ2) is 11.3. The molecule has 20 heavy (non-hydrogen) atoms. The summed E-state index contributed by atoms with van der Waals surface area (Å²) in [6, 6.07) is 0. The highest BCUT2D eigenvalue weighted by atomic mass is 16.6. The van der Waals surface area contributed by atoms with Gasteiger partial charge in [-0.2, -0.15) is 0 Å². The number of hydrogen-bond donors (Lipinski definition) is 1. The molecule has 0 aliphatic rings. The highest BCUT2D eigenvalue weighted by Gasteiger charge is 2.14. The largest absolute Gasteiger partial charge is 0.460 e. The second-order valence-electron chi connectivity index (χ2n) is 4.39. The number of carbonyl (C=O) groups is 2. The first kappa shape index (κ1) is 18.4. The molecule has 0 radical (unpaired) electrons. The number of nitrogens with zero attached hydrogens (tertiary/aromatic N) is 1. The SMILES string of the molecule is C=C(C)C(=O)OCCN(CCCCCO)C(=O)OCC. The van der Waals surface area contributed by atoms with E-state index >= 15 is 0 Å². The molecule has 0 unspecified atom stereocenters. The van der Waals surface area contributed by atoms with Crippen LogP contribution in [0.3, 0.4) is 0 Å². The Morgan fingerprint density at radius 1 is 1.15 bits per heavy atom. The molecule has 0 aromatic carbocycles. The molecule has 0 rings (SSSR count). The van der Waals surface area contributed by atoms with E-state index in [1.807, 2.05) is 0 Å². The summed E-state index contributed by atoms with van der Waals surface area (Å²) in [7, 11) is 0. The number of rotatable bonds is 10. The average molecular weight is 287 g/mol. The van der Waals surface area contributed by atoms with E-state index in [0.717, 1.165) is 12.8 Å². The molecule has 0 aliphatic carbocycles. The zero-order chi connectivity index (χ0) is 15.4. The molecule has 0 aliphatic heterocycles. The highest BCUT2D eigenvalue weighted by Crippen LogP contribution is 2.02. The Balaban J connectivity index is 4.13. The van der Waals surface area contributed by atoms with Gasteiger partial charge in [-0.3, -0.25) is 0 Å². The first-order chi connectivity index (χ1) is 9.52. The van der Waals surface area contributed by atoms with Crippen LogP contribution in [0, 0.1) is 0 Å². The topological polar surface area (TPSA) is 76.1 Å². The number of amides is 1. The molecule has 0 spiro atoms. The maximum atomic E-state index is 11.7. The Morgan fingerprint density at radius 3 is 2.40 bits per heavy atom. The number of aliphatic hydroxyl groups excluding tert-OH is 1. The molecule has 0 fully saturated rings. The van der Waals surface area contributed by atoms with E-state index in [4.69, 9.17) is 14.6 Å². The number of esters is 1. The Morgan fingerprint density at radius 2 is 1.85 bits per heavy atom. The van der Waals surface area contributed by atoms with Crippen molar-refractivity contribution < 1.29 is 24.2 Å². The van der Waals surface area contributed by atoms with Gasteiger partial charge in [0, 0.05) is 18.7 Å². The van der Waals surface area contributed by atoms with Crippen LogP contribution < -0.4 is 0 Å². The number of aliphatic hydroxyl groups is 1. The summed E-state index contributed by atoms with van der Waals surface area (Å²) in [6.45, 7) is 8.17. The molecular formula is C14H25NO5. The first-order valence-corrected chi connectivity index (χ1v) is 6.88. The number of carbonyl (C=O) groups excluding carboxylic acids is 2. The standard InChI is InChI=1S/C14H25NO5/c1-4-19-14(18)15(8-6-5-7-10-16)9-11-20-13(17)12(2)3/h16H,2,4-11H2,1,3H3. The van der Waals surface area contributed by atoms with Gasteiger partial charge in [-0.05, 0) is 33.1 Å². The van der Waals surface area contributed by atoms with Crippen molar-refractivity contribution in [2.75, 3.05) is 32.9 Å². The van der Waals surface area contributed by atoms with Crippen molar-refractivity contribution in [3.63, 3.8) is 0 Å². The van der Waals surface area contributed by atoms with Gasteiger partial charge in [-0.1, -0.05) is 6.58 Å². The van der Waals surface area contributed by atoms with Crippen LogP contribution in [-0.4, -0.2) is 55.0 Å². The van der Waals surface area contributed by atoms with Crippen LogP contribution in [0.2, 0.25) is 0 Å². The minimum absolute atomic E-state index is 0.116. The van der Waals surface area contributed by atoms with Gasteiger partial charge in [0.15, 0.2) is 0 Å². The van der Waals surface area contributed by atoms with Gasteiger partial charge in [0.1, 0.15) is 6.61 Å². The van der Waals surface area contributed by atoms with Gasteiger partial charge in [0.25, 0.3) is 0 Å². The monoisotopic (exact) mass is 287 g/mol. The Kier molecular flexibility index (Phi) is 10.4. The highest BCUT2D eigenvalue weighted by molar-refractivity contribution is 5.86. The molecule has 0 heterocycles. The molecule has 6 nitrogen and oxygen atoms in total. The molecule has 116 valence electrons. The third-order valence-electron chi connectivity index (χ3n) is 2.55. The van der Waals surface area contributed by atoms with Crippen molar-refractivity contribution in [2.45, 2.75) is 33.1 Å². The first-order valence-electron chi connectivity index (χ1n) is 6.88. The number of ether oxygens (including phenoxy) is 2. The number of unbranched alkanes of at least 4 members (excludes halogenated alkanes) is 2. The van der Waals surface area contributed by atoms with Gasteiger partial charge in [0.05, 0.1) is 13.2 Å². The Bertz CT molecular complexity index is 317. The molecule has 0 atom stereocenters. The van der Waals surface area contributed by atoms with Crippen LogP contribution in [0.4, 0.5) is 4.79 Å². The fourth-order valence-electron chi connectivity index (χ4n) is 1.47. The quantitative estimate of drug-likeness (QED) is 0.376. The fourth-order valence-corrected chi connectivity index (χ4v) is 1.47. The summed E-state index contributed by atoms with van der Waals surface area (Å²) in [6.07, 6.45) is 1.90. The minimum atomic E-state index is -0.464. The van der Waals surface area contributed by atoms with Crippen molar-refractivity contribution >= 4 is 12.1 Å². The van der Waals surface area contributed by atoms with E-state index < -0.39 is 12.1 Å². The van der Waals surface area contributed by atoms with Crippen LogP contribution in [0.15, 0.2) is 12.2 Å². The smallest absolute Gasteiger partial charge is 0.409 e. The molecule has 0 saturated carbocycles. The van der Waals surface area contributed by atoms with E-state index in [2.05, 4.69) is 6.58 Å². The molecule has 0 saturated heterocycles. The summed E-state index contributed by atoms with van der Waals surface area (Å²) >= 11 is 0. The maximum Gasteiger partial charge on any atom is 0.409 e. The lowest BCUT2D eigenvalue weighted by Crippen LogP contribution is -2.35. The lowest BCUT2D eigenvalue weighted by Gasteiger charge is -2.21. The van der Waals surface area contributed by atoms with Crippen molar-refractivity contribution in [1.29, 1.82) is 0 Å². The Labute approximate surface area is 120 Å². The maximum absolute atomic E-state index is 11.7. The molecule has 0 aromatic heterocycles. The van der Waals surface area contributed by atoms with E-state index in [1.54, 1.807) is 13.8 Å². The lowest BCUT2D eigenvalue weighted by molar-refractivity contribution is -0.139. The summed E-state index contributed by atoms with van der Waals surface area (Å²) < 4.78 is 9.91. The zero-order valence-electron chi connectivity index (χ0n) is 12.4. The average Bonchev–Trinajstić information content (AvgIpc) is 2.41. The van der Waals surface area contributed by atoms with Gasteiger partial charge >= 0.3 is 12.1 Å². The summed E-state index contributed by atoms with van der Waals surface area (Å²) in [4.78, 5) is 24.5. The molecule has 1 N–H and O–H groups in total. The molecule has 0 aromatic rings. The zero-order valence-corrected chi connectivity index (χ0v) is 12.4. The van der Waals surface area contributed by atoms with E-state index in [1.165, 1.54) is 4.90 Å². The lowest BCUT2D eigenvalue weighted by atomic mass is 10.2. The van der Waals surface area contributed by atoms with Crippen LogP contribution >= 0.6 is 0 Å². The van der Waals surface area contributed by atoms with Gasteiger partial charge in [-0.15, -0.1) is 0 Å². The van der Waals surface area contributed by atoms with Crippen molar-refractivity contribution in [1.82, 2.24) is 4.90 Å². The predicted molar refractivity (Wildman–Crippen MR) is 75.3 cm³/mol. The van der Waals surface area contributed by atoms with E-state index in [-0.39, 0.29) is 19.8 Å². The fraction of sp³-hybridized carbons (Fsp3) is 0.714. The third-order valence-corrected chi connectivity index (χ3v) is 2.55. The van der Waals surface area contributed by atoms with Gasteiger partial charge in [-0.25, -0.2) is 9.59 Å². The van der Waals surface area contributed by atoms with Gasteiger partial charge < -0.3 is 19.5 Å². The summed E-state index contributed by atoms with van der Waals surface area (Å²) in [5, 5.41) is 8.71. The Hall–Kier alpha value is -1.56. The molecular weight excluding hydrogens is 262 g/mol. The third kappa shape index (κ3) is 8.53. The summed E-state index contributed by atoms with van der Waals surface area (Å²) in [5.41, 5.74) is 0.329. The normalized spacial score (nSPS) is 9.95. The number of hydrogen-bond acceptors (Lipinski definition) is 5. The second-order valence-corrected chi connectivity index (χ2v) is 4.39. The molecule has 0 bridgehead atoms.